The third-order valence-corrected chi connectivity index (χ3v) is 5.37. The molecule has 0 aliphatic heterocycles. The van der Waals surface area contributed by atoms with E-state index in [2.05, 4.69) is 20.7 Å². The summed E-state index contributed by atoms with van der Waals surface area (Å²) in [6.07, 6.45) is 0. The van der Waals surface area contributed by atoms with Gasteiger partial charge in [-0.25, -0.2) is 0 Å². The van der Waals surface area contributed by atoms with Crippen LogP contribution in [0.4, 0.5) is 5.69 Å². The SMILES string of the molecule is Cc1noc(C)c1[C@H](C)C(=O)Nc1ccc(Sc2nncs2)cc1. The summed E-state index contributed by atoms with van der Waals surface area (Å²) in [5.41, 5.74) is 4.04. The quantitative estimate of drug-likeness (QED) is 0.740. The van der Waals surface area contributed by atoms with Gasteiger partial charge in [-0.1, -0.05) is 28.3 Å². The van der Waals surface area contributed by atoms with Gasteiger partial charge in [0.2, 0.25) is 5.91 Å². The molecule has 1 N–H and O–H groups in total. The van der Waals surface area contributed by atoms with Gasteiger partial charge in [0, 0.05) is 16.1 Å². The topological polar surface area (TPSA) is 80.9 Å². The van der Waals surface area contributed by atoms with Gasteiger partial charge in [0.1, 0.15) is 11.3 Å². The molecule has 1 atom stereocenters. The lowest BCUT2D eigenvalue weighted by atomic mass is 9.98. The molecule has 0 spiro atoms. The number of hydrogen-bond donors (Lipinski definition) is 1. The molecule has 0 radical (unpaired) electrons. The number of carbonyl (C=O) groups is 1. The van der Waals surface area contributed by atoms with E-state index in [1.54, 1.807) is 17.3 Å². The van der Waals surface area contributed by atoms with Gasteiger partial charge in [-0.15, -0.1) is 10.2 Å². The van der Waals surface area contributed by atoms with Crippen LogP contribution in [0.2, 0.25) is 0 Å². The molecule has 2 aromatic heterocycles. The van der Waals surface area contributed by atoms with E-state index in [0.717, 1.165) is 26.2 Å². The summed E-state index contributed by atoms with van der Waals surface area (Å²) < 4.78 is 6.03. The maximum Gasteiger partial charge on any atom is 0.231 e. The highest BCUT2D eigenvalue weighted by molar-refractivity contribution is 8.01. The zero-order valence-corrected chi connectivity index (χ0v) is 15.1. The Kier molecular flexibility index (Phi) is 4.96. The lowest BCUT2D eigenvalue weighted by Crippen LogP contribution is -2.19. The maximum atomic E-state index is 12.5. The summed E-state index contributed by atoms with van der Waals surface area (Å²) in [7, 11) is 0. The number of nitrogens with zero attached hydrogens (tertiary/aromatic N) is 3. The number of anilines is 1. The Morgan fingerprint density at radius 1 is 1.29 bits per heavy atom. The molecule has 0 unspecified atom stereocenters. The zero-order valence-electron chi connectivity index (χ0n) is 13.4. The van der Waals surface area contributed by atoms with Crippen LogP contribution < -0.4 is 5.32 Å². The fourth-order valence-corrected chi connectivity index (χ4v) is 3.86. The van der Waals surface area contributed by atoms with Crippen molar-refractivity contribution in [3.05, 3.63) is 46.8 Å². The molecule has 24 heavy (non-hydrogen) atoms. The van der Waals surface area contributed by atoms with E-state index in [9.17, 15) is 4.79 Å². The van der Waals surface area contributed by atoms with Crippen molar-refractivity contribution in [1.82, 2.24) is 15.4 Å². The number of carbonyl (C=O) groups excluding carboxylic acids is 1. The van der Waals surface area contributed by atoms with E-state index < -0.39 is 0 Å². The number of nitrogens with one attached hydrogen (secondary N) is 1. The van der Waals surface area contributed by atoms with Crippen LogP contribution in [0.3, 0.4) is 0 Å². The summed E-state index contributed by atoms with van der Waals surface area (Å²) in [6, 6.07) is 7.65. The number of aromatic nitrogens is 3. The first-order valence-corrected chi connectivity index (χ1v) is 9.02. The third-order valence-electron chi connectivity index (χ3n) is 3.58. The maximum absolute atomic E-state index is 12.5. The summed E-state index contributed by atoms with van der Waals surface area (Å²) in [5.74, 6) is 0.263. The van der Waals surface area contributed by atoms with Crippen LogP contribution in [0.25, 0.3) is 0 Å². The van der Waals surface area contributed by atoms with E-state index in [-0.39, 0.29) is 11.8 Å². The predicted octanol–water partition coefficient (Wildman–Crippen LogP) is 4.04. The molecule has 0 aliphatic rings. The molecular weight excluding hydrogens is 344 g/mol. The lowest BCUT2D eigenvalue weighted by Gasteiger charge is -2.12. The highest BCUT2D eigenvalue weighted by atomic mass is 32.2. The van der Waals surface area contributed by atoms with Crippen molar-refractivity contribution in [2.75, 3.05) is 5.32 Å². The summed E-state index contributed by atoms with van der Waals surface area (Å²) in [6.45, 7) is 5.51. The molecule has 3 aromatic rings. The summed E-state index contributed by atoms with van der Waals surface area (Å²) in [5, 5.41) is 14.6. The second-order valence-corrected chi connectivity index (χ2v) is 7.43. The highest BCUT2D eigenvalue weighted by Crippen LogP contribution is 2.30. The van der Waals surface area contributed by atoms with Crippen LogP contribution in [0, 0.1) is 13.8 Å². The molecule has 1 amide bonds. The van der Waals surface area contributed by atoms with Crippen molar-refractivity contribution >= 4 is 34.7 Å². The van der Waals surface area contributed by atoms with Crippen molar-refractivity contribution in [3.63, 3.8) is 0 Å². The molecule has 6 nitrogen and oxygen atoms in total. The molecule has 0 saturated heterocycles. The fourth-order valence-electron chi connectivity index (χ4n) is 2.40. The Hall–Kier alpha value is -2.19. The molecule has 0 bridgehead atoms. The van der Waals surface area contributed by atoms with Gasteiger partial charge in [-0.2, -0.15) is 0 Å². The van der Waals surface area contributed by atoms with E-state index >= 15 is 0 Å². The number of rotatable bonds is 5. The van der Waals surface area contributed by atoms with Crippen LogP contribution in [0.1, 0.15) is 29.9 Å². The van der Waals surface area contributed by atoms with Gasteiger partial charge in [0.25, 0.3) is 0 Å². The van der Waals surface area contributed by atoms with Gasteiger partial charge in [0.15, 0.2) is 4.34 Å². The van der Waals surface area contributed by atoms with Crippen LogP contribution >= 0.6 is 23.1 Å². The van der Waals surface area contributed by atoms with Gasteiger partial charge < -0.3 is 9.84 Å². The first-order valence-electron chi connectivity index (χ1n) is 7.32. The van der Waals surface area contributed by atoms with Gasteiger partial charge >= 0.3 is 0 Å². The smallest absolute Gasteiger partial charge is 0.231 e. The van der Waals surface area contributed by atoms with Crippen molar-refractivity contribution in [2.45, 2.75) is 35.9 Å². The van der Waals surface area contributed by atoms with Crippen molar-refractivity contribution in [2.24, 2.45) is 0 Å². The van der Waals surface area contributed by atoms with Crippen LogP contribution in [-0.2, 0) is 4.79 Å². The summed E-state index contributed by atoms with van der Waals surface area (Å²) in [4.78, 5) is 13.5. The largest absolute Gasteiger partial charge is 0.361 e. The molecule has 0 saturated carbocycles. The minimum atomic E-state index is -0.327. The summed E-state index contributed by atoms with van der Waals surface area (Å²) >= 11 is 3.04. The van der Waals surface area contributed by atoms with Crippen LogP contribution in [-0.4, -0.2) is 21.3 Å². The Bertz CT molecular complexity index is 809. The Morgan fingerprint density at radius 2 is 2.04 bits per heavy atom. The molecule has 1 aromatic carbocycles. The average Bonchev–Trinajstić information content (AvgIpc) is 3.18. The van der Waals surface area contributed by atoms with Crippen molar-refractivity contribution in [1.29, 1.82) is 0 Å². The van der Waals surface area contributed by atoms with Crippen LogP contribution in [0.15, 0.2) is 43.5 Å². The van der Waals surface area contributed by atoms with E-state index in [1.807, 2.05) is 45.0 Å². The molecule has 0 aliphatic carbocycles. The molecule has 124 valence electrons. The third kappa shape index (κ3) is 3.65. The van der Waals surface area contributed by atoms with E-state index in [1.165, 1.54) is 11.3 Å². The normalized spacial score (nSPS) is 12.1. The van der Waals surface area contributed by atoms with E-state index in [4.69, 9.17) is 4.52 Å². The van der Waals surface area contributed by atoms with Gasteiger partial charge in [0.05, 0.1) is 11.6 Å². The second-order valence-electron chi connectivity index (χ2n) is 5.28. The number of amides is 1. The standard InChI is InChI=1S/C16H16N4O2S2/c1-9(14-10(2)20-22-11(14)3)15(21)18-12-4-6-13(7-5-12)24-16-19-17-8-23-16/h4-9H,1-3H3,(H,18,21)/t9-/m0/s1. The Morgan fingerprint density at radius 3 is 2.62 bits per heavy atom. The molecule has 8 heteroatoms. The predicted molar refractivity (Wildman–Crippen MR) is 93.5 cm³/mol. The van der Waals surface area contributed by atoms with Crippen molar-refractivity contribution in [3.8, 4) is 0 Å². The molecule has 2 heterocycles. The Balaban J connectivity index is 1.66. The van der Waals surface area contributed by atoms with E-state index in [0.29, 0.717) is 5.76 Å². The number of hydrogen-bond acceptors (Lipinski definition) is 7. The first kappa shape index (κ1) is 16.7. The molecule has 3 rings (SSSR count). The van der Waals surface area contributed by atoms with Crippen molar-refractivity contribution < 1.29 is 9.32 Å². The average molecular weight is 360 g/mol. The molecule has 0 fully saturated rings. The monoisotopic (exact) mass is 360 g/mol. The second kappa shape index (κ2) is 7.14. The zero-order chi connectivity index (χ0) is 17.1. The molecular formula is C16H16N4O2S2. The minimum absolute atomic E-state index is 0.0890. The first-order chi connectivity index (χ1) is 11.5. The highest BCUT2D eigenvalue weighted by Gasteiger charge is 2.22. The number of aryl methyl sites for hydroxylation is 2. The fraction of sp³-hybridized carbons (Fsp3) is 0.250. The van der Waals surface area contributed by atoms with Gasteiger partial charge in [-0.3, -0.25) is 4.79 Å². The van der Waals surface area contributed by atoms with Gasteiger partial charge in [-0.05, 0) is 45.0 Å². The lowest BCUT2D eigenvalue weighted by molar-refractivity contribution is -0.117. The Labute approximate surface area is 147 Å². The minimum Gasteiger partial charge on any atom is -0.361 e. The number of benzene rings is 1. The van der Waals surface area contributed by atoms with Crippen LogP contribution in [0.5, 0.6) is 0 Å².